The summed E-state index contributed by atoms with van der Waals surface area (Å²) in [5.74, 6) is -0.675. The summed E-state index contributed by atoms with van der Waals surface area (Å²) in [6, 6.07) is 4.20. The van der Waals surface area contributed by atoms with E-state index in [0.29, 0.717) is 17.1 Å². The van der Waals surface area contributed by atoms with E-state index in [4.69, 9.17) is 4.74 Å². The molecule has 1 saturated carbocycles. The third-order valence-electron chi connectivity index (χ3n) is 4.79. The third kappa shape index (κ3) is 3.71. The lowest BCUT2D eigenvalue weighted by Crippen LogP contribution is -2.46. The minimum atomic E-state index is -0.930. The van der Waals surface area contributed by atoms with Crippen molar-refractivity contribution in [2.45, 2.75) is 32.2 Å². The first-order chi connectivity index (χ1) is 12.7. The van der Waals surface area contributed by atoms with Crippen molar-refractivity contribution in [3.63, 3.8) is 0 Å². The van der Waals surface area contributed by atoms with Gasteiger partial charge in [0.05, 0.1) is 12.8 Å². The molecule has 1 aliphatic heterocycles. The average molecular weight is 374 g/mol. The molecule has 0 aromatic heterocycles. The number of rotatable bonds is 6. The van der Waals surface area contributed by atoms with Crippen LogP contribution in [-0.4, -0.2) is 47.8 Å². The number of ether oxygens (including phenoxy) is 1. The number of carbonyl (C=O) groups is 4. The SMILES string of the molecule is COc1ccc(NC(C)=O)cc1NC(=O)CN1C(=O)N[C@@](C)(C2CC2)C1=O. The summed E-state index contributed by atoms with van der Waals surface area (Å²) >= 11 is 0. The number of urea groups is 1. The quantitative estimate of drug-likeness (QED) is 0.649. The first kappa shape index (κ1) is 18.7. The zero-order valence-electron chi connectivity index (χ0n) is 15.4. The van der Waals surface area contributed by atoms with E-state index in [1.165, 1.54) is 14.0 Å². The molecule has 2 aliphatic rings. The summed E-state index contributed by atoms with van der Waals surface area (Å²) in [6.07, 6.45) is 1.77. The Kier molecular flexibility index (Phi) is 4.77. The van der Waals surface area contributed by atoms with Gasteiger partial charge in [-0.05, 0) is 43.9 Å². The van der Waals surface area contributed by atoms with Crippen LogP contribution in [0.5, 0.6) is 5.75 Å². The molecule has 27 heavy (non-hydrogen) atoms. The van der Waals surface area contributed by atoms with Gasteiger partial charge < -0.3 is 20.7 Å². The van der Waals surface area contributed by atoms with Crippen molar-refractivity contribution in [3.05, 3.63) is 18.2 Å². The van der Waals surface area contributed by atoms with Crippen molar-refractivity contribution in [1.29, 1.82) is 0 Å². The minimum Gasteiger partial charge on any atom is -0.495 e. The van der Waals surface area contributed by atoms with Gasteiger partial charge in [-0.1, -0.05) is 0 Å². The number of benzene rings is 1. The summed E-state index contributed by atoms with van der Waals surface area (Å²) in [5, 5.41) is 7.94. The molecule has 3 rings (SSSR count). The van der Waals surface area contributed by atoms with E-state index in [1.54, 1.807) is 25.1 Å². The van der Waals surface area contributed by atoms with Crippen LogP contribution in [0.15, 0.2) is 18.2 Å². The predicted octanol–water partition coefficient (Wildman–Crippen LogP) is 1.31. The van der Waals surface area contributed by atoms with E-state index < -0.39 is 24.0 Å². The summed E-state index contributed by atoms with van der Waals surface area (Å²) < 4.78 is 5.20. The standard InChI is InChI=1S/C18H22N4O5/c1-10(23)19-12-6-7-14(27-3)13(8-12)20-15(24)9-22-16(25)18(2,11-4-5-11)21-17(22)26/h6-8,11H,4-5,9H2,1-3H3,(H,19,23)(H,20,24)(H,21,26)/t18-/m0/s1. The highest BCUT2D eigenvalue weighted by molar-refractivity contribution is 6.10. The number of amides is 5. The molecule has 1 atom stereocenters. The molecule has 1 aliphatic carbocycles. The lowest BCUT2D eigenvalue weighted by atomic mass is 9.96. The maximum Gasteiger partial charge on any atom is 0.325 e. The molecule has 144 valence electrons. The molecule has 0 unspecified atom stereocenters. The van der Waals surface area contributed by atoms with Crippen LogP contribution in [0.25, 0.3) is 0 Å². The second-order valence-corrected chi connectivity index (χ2v) is 6.94. The van der Waals surface area contributed by atoms with Crippen molar-refractivity contribution in [1.82, 2.24) is 10.2 Å². The van der Waals surface area contributed by atoms with E-state index in [2.05, 4.69) is 16.0 Å². The van der Waals surface area contributed by atoms with E-state index in [1.807, 2.05) is 0 Å². The Labute approximate surface area is 156 Å². The maximum atomic E-state index is 12.6. The van der Waals surface area contributed by atoms with Crippen LogP contribution < -0.4 is 20.7 Å². The molecule has 1 aromatic rings. The zero-order valence-corrected chi connectivity index (χ0v) is 15.4. The Bertz CT molecular complexity index is 820. The number of nitrogens with zero attached hydrogens (tertiary/aromatic N) is 1. The Balaban J connectivity index is 1.71. The Morgan fingerprint density at radius 2 is 2.00 bits per heavy atom. The topological polar surface area (TPSA) is 117 Å². The van der Waals surface area contributed by atoms with Gasteiger partial charge in [0.1, 0.15) is 17.8 Å². The van der Waals surface area contributed by atoms with Gasteiger partial charge in [0, 0.05) is 12.6 Å². The largest absolute Gasteiger partial charge is 0.495 e. The molecule has 9 nitrogen and oxygen atoms in total. The number of hydrogen-bond acceptors (Lipinski definition) is 5. The normalized spacial score (nSPS) is 21.7. The summed E-state index contributed by atoms with van der Waals surface area (Å²) in [4.78, 5) is 49.3. The number of imide groups is 1. The van der Waals surface area contributed by atoms with Gasteiger partial charge in [0.25, 0.3) is 5.91 Å². The molecule has 0 spiro atoms. The number of carbonyl (C=O) groups excluding carboxylic acids is 4. The fourth-order valence-corrected chi connectivity index (χ4v) is 3.22. The van der Waals surface area contributed by atoms with Gasteiger partial charge in [0.2, 0.25) is 11.8 Å². The summed E-state index contributed by atoms with van der Waals surface area (Å²) in [6.45, 7) is 2.67. The van der Waals surface area contributed by atoms with Gasteiger partial charge >= 0.3 is 6.03 Å². The van der Waals surface area contributed by atoms with Crippen LogP contribution in [0.4, 0.5) is 16.2 Å². The van der Waals surface area contributed by atoms with Gasteiger partial charge in [-0.2, -0.15) is 0 Å². The number of nitrogens with one attached hydrogen (secondary N) is 3. The minimum absolute atomic E-state index is 0.122. The monoisotopic (exact) mass is 374 g/mol. The van der Waals surface area contributed by atoms with E-state index in [9.17, 15) is 19.2 Å². The Morgan fingerprint density at radius 3 is 2.59 bits per heavy atom. The van der Waals surface area contributed by atoms with Crippen molar-refractivity contribution >= 4 is 35.1 Å². The average Bonchev–Trinajstić information content (AvgIpc) is 3.41. The lowest BCUT2D eigenvalue weighted by Gasteiger charge is -2.21. The van der Waals surface area contributed by atoms with Crippen molar-refractivity contribution < 1.29 is 23.9 Å². The van der Waals surface area contributed by atoms with Crippen LogP contribution in [0.1, 0.15) is 26.7 Å². The van der Waals surface area contributed by atoms with Crippen LogP contribution >= 0.6 is 0 Å². The first-order valence-electron chi connectivity index (χ1n) is 8.64. The smallest absolute Gasteiger partial charge is 0.325 e. The molecule has 0 bridgehead atoms. The Morgan fingerprint density at radius 1 is 1.30 bits per heavy atom. The molecular formula is C18H22N4O5. The van der Waals surface area contributed by atoms with E-state index in [0.717, 1.165) is 17.7 Å². The van der Waals surface area contributed by atoms with Gasteiger partial charge in [-0.25, -0.2) is 4.79 Å². The summed E-state index contributed by atoms with van der Waals surface area (Å²) in [7, 11) is 1.45. The molecule has 3 N–H and O–H groups in total. The number of anilines is 2. The Hall–Kier alpha value is -3.10. The molecular weight excluding hydrogens is 352 g/mol. The van der Waals surface area contributed by atoms with Crippen LogP contribution in [0, 0.1) is 5.92 Å². The van der Waals surface area contributed by atoms with Gasteiger partial charge in [-0.15, -0.1) is 0 Å². The van der Waals surface area contributed by atoms with Crippen LogP contribution in [0.3, 0.4) is 0 Å². The first-order valence-corrected chi connectivity index (χ1v) is 8.64. The second kappa shape index (κ2) is 6.90. The van der Waals surface area contributed by atoms with Crippen molar-refractivity contribution in [2.75, 3.05) is 24.3 Å². The second-order valence-electron chi connectivity index (χ2n) is 6.94. The molecule has 5 amide bonds. The molecule has 0 radical (unpaired) electrons. The molecule has 1 saturated heterocycles. The molecule has 1 aromatic carbocycles. The van der Waals surface area contributed by atoms with Gasteiger partial charge in [-0.3, -0.25) is 19.3 Å². The maximum absolute atomic E-state index is 12.6. The van der Waals surface area contributed by atoms with E-state index in [-0.39, 0.29) is 17.7 Å². The highest BCUT2D eigenvalue weighted by atomic mass is 16.5. The fraction of sp³-hybridized carbons (Fsp3) is 0.444. The van der Waals surface area contributed by atoms with Crippen molar-refractivity contribution in [3.8, 4) is 5.75 Å². The fourth-order valence-electron chi connectivity index (χ4n) is 3.22. The van der Waals surface area contributed by atoms with Gasteiger partial charge in [0.15, 0.2) is 0 Å². The predicted molar refractivity (Wildman–Crippen MR) is 97.3 cm³/mol. The number of methoxy groups -OCH3 is 1. The zero-order chi connectivity index (χ0) is 19.8. The van der Waals surface area contributed by atoms with E-state index >= 15 is 0 Å². The van der Waals surface area contributed by atoms with Crippen LogP contribution in [0.2, 0.25) is 0 Å². The lowest BCUT2D eigenvalue weighted by molar-refractivity contribution is -0.134. The third-order valence-corrected chi connectivity index (χ3v) is 4.79. The highest BCUT2D eigenvalue weighted by Gasteiger charge is 2.56. The highest BCUT2D eigenvalue weighted by Crippen LogP contribution is 2.42. The number of hydrogen-bond donors (Lipinski definition) is 3. The summed E-state index contributed by atoms with van der Waals surface area (Å²) in [5.41, 5.74) is -0.124. The molecule has 9 heteroatoms. The van der Waals surface area contributed by atoms with Crippen molar-refractivity contribution in [2.24, 2.45) is 5.92 Å². The molecule has 1 heterocycles. The molecule has 2 fully saturated rings. The van der Waals surface area contributed by atoms with Crippen LogP contribution in [-0.2, 0) is 14.4 Å².